The number of rotatable bonds is 7. The zero-order valence-corrected chi connectivity index (χ0v) is 23.5. The average molecular weight is 556 g/mol. The molecular weight excluding hydrogens is 521 g/mol. The molecule has 3 heterocycles. The molecule has 41 heavy (non-hydrogen) atoms. The van der Waals surface area contributed by atoms with Crippen molar-refractivity contribution >= 4 is 27.6 Å². The number of carbonyl (C=O) groups excluding carboxylic acids is 1. The first kappa shape index (κ1) is 27.0. The fourth-order valence-electron chi connectivity index (χ4n) is 5.97. The van der Waals surface area contributed by atoms with Gasteiger partial charge in [-0.2, -0.15) is 5.10 Å². The van der Waals surface area contributed by atoms with Crippen LogP contribution < -0.4 is 4.74 Å². The second kappa shape index (κ2) is 11.7. The molecule has 1 aliphatic heterocycles. The molecule has 0 saturated heterocycles. The van der Waals surface area contributed by atoms with E-state index in [1.54, 1.807) is 12.1 Å². The minimum absolute atomic E-state index is 0.266. The first-order valence-corrected chi connectivity index (χ1v) is 14.3. The summed E-state index contributed by atoms with van der Waals surface area (Å²) in [6, 6.07) is 16.7. The molecule has 0 amide bonds. The summed E-state index contributed by atoms with van der Waals surface area (Å²) >= 11 is 0. The molecule has 0 fully saturated rings. The van der Waals surface area contributed by atoms with E-state index in [-0.39, 0.29) is 11.8 Å². The first-order valence-electron chi connectivity index (χ1n) is 14.3. The molecule has 5 aromatic rings. The van der Waals surface area contributed by atoms with Crippen LogP contribution in [0.1, 0.15) is 53.6 Å². The van der Waals surface area contributed by atoms with E-state index in [1.807, 2.05) is 38.1 Å². The van der Waals surface area contributed by atoms with Gasteiger partial charge in [0.05, 0.1) is 36.7 Å². The van der Waals surface area contributed by atoms with Crippen molar-refractivity contribution in [2.24, 2.45) is 0 Å². The maximum absolute atomic E-state index is 14.3. The number of H-pyrrole nitrogens is 1. The summed E-state index contributed by atoms with van der Waals surface area (Å²) in [6.45, 7) is 6.31. The van der Waals surface area contributed by atoms with E-state index in [0.29, 0.717) is 62.6 Å². The van der Waals surface area contributed by atoms with Crippen molar-refractivity contribution < 1.29 is 23.4 Å². The standard InChI is InChI=1S/C33H34FN3O4/c1-3-40-33(38)32-25(14-9-19-41-29-16-15-27(34)22-10-4-5-11-23(22)29)24-12-8-13-26-30-21(2)35-36-28(30)20-39-18-7-6-17-37(32)31(24)26/h4-5,8,10-13,15-16H,3,6-7,9,14,17-20H2,1-2H3,(H,35,36). The van der Waals surface area contributed by atoms with Gasteiger partial charge < -0.3 is 18.8 Å². The van der Waals surface area contributed by atoms with Gasteiger partial charge in [-0.3, -0.25) is 5.10 Å². The third kappa shape index (κ3) is 5.08. The highest BCUT2D eigenvalue weighted by atomic mass is 19.1. The molecule has 0 bridgehead atoms. The largest absolute Gasteiger partial charge is 0.493 e. The summed E-state index contributed by atoms with van der Waals surface area (Å²) in [5.74, 6) is 0.0696. The van der Waals surface area contributed by atoms with Crippen molar-refractivity contribution in [1.82, 2.24) is 14.8 Å². The summed E-state index contributed by atoms with van der Waals surface area (Å²) in [5.41, 5.74) is 6.45. The third-order valence-corrected chi connectivity index (χ3v) is 7.77. The Hall–Kier alpha value is -4.17. The normalized spacial score (nSPS) is 13.6. The maximum Gasteiger partial charge on any atom is 0.355 e. The monoisotopic (exact) mass is 555 g/mol. The lowest BCUT2D eigenvalue weighted by molar-refractivity contribution is 0.0512. The van der Waals surface area contributed by atoms with Gasteiger partial charge in [0.15, 0.2) is 0 Å². The van der Waals surface area contributed by atoms with Crippen molar-refractivity contribution in [3.05, 3.63) is 83.1 Å². The lowest BCUT2D eigenvalue weighted by Crippen LogP contribution is -2.15. The Bertz CT molecular complexity index is 1720. The number of aryl methyl sites for hydroxylation is 3. The molecule has 1 aliphatic rings. The van der Waals surface area contributed by atoms with Crippen LogP contribution in [0.2, 0.25) is 0 Å². The molecule has 0 unspecified atom stereocenters. The fraction of sp³-hybridized carbons (Fsp3) is 0.333. The van der Waals surface area contributed by atoms with Crippen LogP contribution in [0.3, 0.4) is 0 Å². The molecule has 2 aromatic heterocycles. The summed E-state index contributed by atoms with van der Waals surface area (Å²) in [6.07, 6.45) is 3.04. The molecular formula is C33H34FN3O4. The average Bonchev–Trinajstić information content (AvgIpc) is 3.50. The number of aromatic amines is 1. The van der Waals surface area contributed by atoms with Gasteiger partial charge in [-0.05, 0) is 57.2 Å². The Balaban J connectivity index is 1.39. The molecule has 3 aromatic carbocycles. The van der Waals surface area contributed by atoms with E-state index in [9.17, 15) is 9.18 Å². The molecule has 212 valence electrons. The number of halogens is 1. The number of hydrogen-bond acceptors (Lipinski definition) is 5. The molecule has 6 rings (SSSR count). The number of aromatic nitrogens is 3. The van der Waals surface area contributed by atoms with Crippen LogP contribution >= 0.6 is 0 Å². The van der Waals surface area contributed by atoms with Crippen molar-refractivity contribution in [1.29, 1.82) is 0 Å². The smallest absolute Gasteiger partial charge is 0.355 e. The predicted molar refractivity (Wildman–Crippen MR) is 157 cm³/mol. The van der Waals surface area contributed by atoms with Crippen LogP contribution in [0, 0.1) is 12.7 Å². The Morgan fingerprint density at radius 2 is 1.90 bits per heavy atom. The number of fused-ring (bicyclic) bond motifs is 3. The number of ether oxygens (including phenoxy) is 3. The van der Waals surface area contributed by atoms with Gasteiger partial charge in [0.1, 0.15) is 17.3 Å². The van der Waals surface area contributed by atoms with E-state index >= 15 is 0 Å². The molecule has 7 nitrogen and oxygen atoms in total. The van der Waals surface area contributed by atoms with E-state index in [2.05, 4.69) is 26.9 Å². The van der Waals surface area contributed by atoms with E-state index in [1.165, 1.54) is 6.07 Å². The topological polar surface area (TPSA) is 78.4 Å². The molecule has 0 aliphatic carbocycles. The summed E-state index contributed by atoms with van der Waals surface area (Å²) in [5, 5.41) is 9.97. The highest BCUT2D eigenvalue weighted by molar-refractivity contribution is 6.05. The zero-order chi connectivity index (χ0) is 28.3. The number of nitrogens with one attached hydrogen (secondary N) is 1. The van der Waals surface area contributed by atoms with Crippen molar-refractivity contribution in [3.63, 3.8) is 0 Å². The second-order valence-electron chi connectivity index (χ2n) is 10.4. The summed E-state index contributed by atoms with van der Waals surface area (Å²) in [7, 11) is 0. The van der Waals surface area contributed by atoms with Gasteiger partial charge in [-0.15, -0.1) is 0 Å². The SMILES string of the molecule is CCOC(=O)c1c(CCCOc2ccc(F)c3ccccc23)c2cccc3c2n1CCCCOCc1[nH]nc(C)c1-3. The summed E-state index contributed by atoms with van der Waals surface area (Å²) in [4.78, 5) is 13.5. The van der Waals surface area contributed by atoms with E-state index in [4.69, 9.17) is 14.2 Å². The molecule has 0 atom stereocenters. The number of carbonyl (C=O) groups is 1. The zero-order valence-electron chi connectivity index (χ0n) is 23.5. The van der Waals surface area contributed by atoms with Gasteiger partial charge in [-0.1, -0.05) is 42.5 Å². The van der Waals surface area contributed by atoms with Gasteiger partial charge in [-0.25, -0.2) is 9.18 Å². The lowest BCUT2D eigenvalue weighted by atomic mass is 9.98. The minimum atomic E-state index is -0.314. The first-order chi connectivity index (χ1) is 20.1. The van der Waals surface area contributed by atoms with E-state index in [0.717, 1.165) is 57.2 Å². The van der Waals surface area contributed by atoms with Crippen LogP contribution in [-0.2, 0) is 29.0 Å². The van der Waals surface area contributed by atoms with E-state index < -0.39 is 0 Å². The Morgan fingerprint density at radius 1 is 1.07 bits per heavy atom. The number of nitrogens with zero attached hydrogens (tertiary/aromatic N) is 2. The molecule has 0 saturated carbocycles. The van der Waals surface area contributed by atoms with Crippen molar-refractivity contribution in [2.45, 2.75) is 52.7 Å². The van der Waals surface area contributed by atoms with Crippen LogP contribution in [0.5, 0.6) is 5.75 Å². The van der Waals surface area contributed by atoms with Crippen LogP contribution in [0.15, 0.2) is 54.6 Å². The third-order valence-electron chi connectivity index (χ3n) is 7.77. The van der Waals surface area contributed by atoms with Gasteiger partial charge >= 0.3 is 5.97 Å². The maximum atomic E-state index is 14.3. The quantitative estimate of drug-likeness (QED) is 0.171. The molecule has 0 radical (unpaired) electrons. The highest BCUT2D eigenvalue weighted by Crippen LogP contribution is 2.38. The Kier molecular flexibility index (Phi) is 7.74. The van der Waals surface area contributed by atoms with Crippen LogP contribution in [-0.4, -0.2) is 40.6 Å². The number of benzene rings is 3. The number of hydrogen-bond donors (Lipinski definition) is 1. The lowest BCUT2D eigenvalue weighted by Gasteiger charge is -2.13. The molecule has 0 spiro atoms. The predicted octanol–water partition coefficient (Wildman–Crippen LogP) is 7.13. The number of para-hydroxylation sites is 1. The molecule has 1 N–H and O–H groups in total. The fourth-order valence-corrected chi connectivity index (χ4v) is 5.97. The number of esters is 1. The summed E-state index contributed by atoms with van der Waals surface area (Å²) < 4.78 is 34.1. The Labute approximate surface area is 238 Å². The van der Waals surface area contributed by atoms with Crippen LogP contribution in [0.25, 0.3) is 32.8 Å². The second-order valence-corrected chi connectivity index (χ2v) is 10.4. The highest BCUT2D eigenvalue weighted by Gasteiger charge is 2.27. The minimum Gasteiger partial charge on any atom is -0.493 e. The van der Waals surface area contributed by atoms with Gasteiger partial charge in [0.25, 0.3) is 0 Å². The van der Waals surface area contributed by atoms with Gasteiger partial charge in [0.2, 0.25) is 0 Å². The molecule has 8 heteroatoms. The van der Waals surface area contributed by atoms with Crippen LogP contribution in [0.4, 0.5) is 4.39 Å². The van der Waals surface area contributed by atoms with Gasteiger partial charge in [0, 0.05) is 40.4 Å². The van der Waals surface area contributed by atoms with Crippen molar-refractivity contribution in [3.8, 4) is 16.9 Å². The van der Waals surface area contributed by atoms with Crippen molar-refractivity contribution in [2.75, 3.05) is 19.8 Å². The Morgan fingerprint density at radius 3 is 2.76 bits per heavy atom.